The number of ether oxygens (including phenoxy) is 1. The van der Waals surface area contributed by atoms with Crippen molar-refractivity contribution in [3.05, 3.63) is 41.7 Å². The number of benzene rings is 1. The van der Waals surface area contributed by atoms with Gasteiger partial charge in [-0.05, 0) is 32.9 Å². The molecule has 0 aliphatic carbocycles. The fourth-order valence-electron chi connectivity index (χ4n) is 2.12. The van der Waals surface area contributed by atoms with E-state index in [0.717, 1.165) is 22.8 Å². The third-order valence-electron chi connectivity index (χ3n) is 3.21. The van der Waals surface area contributed by atoms with Crippen molar-refractivity contribution in [1.29, 1.82) is 0 Å². The van der Waals surface area contributed by atoms with Gasteiger partial charge < -0.3 is 10.1 Å². The first-order valence-corrected chi connectivity index (χ1v) is 6.50. The Labute approximate surface area is 118 Å². The van der Waals surface area contributed by atoms with E-state index < -0.39 is 6.04 Å². The lowest BCUT2D eigenvalue weighted by Gasteiger charge is -2.13. The van der Waals surface area contributed by atoms with E-state index in [0.29, 0.717) is 0 Å². The molecule has 1 aromatic heterocycles. The largest absolute Gasteiger partial charge is 0.467 e. The van der Waals surface area contributed by atoms with Gasteiger partial charge in [0, 0.05) is 0 Å². The molecule has 1 heterocycles. The Morgan fingerprint density at radius 1 is 1.30 bits per heavy atom. The molecule has 5 nitrogen and oxygen atoms in total. The number of carbonyl (C=O) groups is 1. The molecule has 1 atom stereocenters. The monoisotopic (exact) mass is 273 g/mol. The fraction of sp³-hybridized carbons (Fsp3) is 0.333. The van der Waals surface area contributed by atoms with Crippen LogP contribution < -0.4 is 5.32 Å². The second-order valence-electron chi connectivity index (χ2n) is 4.68. The highest BCUT2D eigenvalue weighted by Gasteiger charge is 2.18. The van der Waals surface area contributed by atoms with Crippen LogP contribution in [0.25, 0.3) is 5.69 Å². The number of nitrogens with zero attached hydrogens (tertiary/aromatic N) is 2. The van der Waals surface area contributed by atoms with Gasteiger partial charge in [-0.25, -0.2) is 9.48 Å². The summed E-state index contributed by atoms with van der Waals surface area (Å²) in [6.45, 7) is 5.66. The summed E-state index contributed by atoms with van der Waals surface area (Å²) in [5.41, 5.74) is 3.67. The molecule has 0 unspecified atom stereocenters. The van der Waals surface area contributed by atoms with Gasteiger partial charge in [-0.1, -0.05) is 18.2 Å². The molecular weight excluding hydrogens is 254 g/mol. The van der Waals surface area contributed by atoms with Crippen LogP contribution in [0, 0.1) is 13.8 Å². The smallest absolute Gasteiger partial charge is 0.327 e. The lowest BCUT2D eigenvalue weighted by molar-refractivity contribution is -0.141. The molecule has 0 saturated carbocycles. The van der Waals surface area contributed by atoms with E-state index >= 15 is 0 Å². The minimum Gasteiger partial charge on any atom is -0.467 e. The average molecular weight is 273 g/mol. The third kappa shape index (κ3) is 2.66. The van der Waals surface area contributed by atoms with Crippen LogP contribution in [0.2, 0.25) is 0 Å². The number of rotatable bonds is 4. The summed E-state index contributed by atoms with van der Waals surface area (Å²) in [4.78, 5) is 11.5. The van der Waals surface area contributed by atoms with Crippen molar-refractivity contribution in [2.75, 3.05) is 12.4 Å². The van der Waals surface area contributed by atoms with Crippen molar-refractivity contribution in [2.24, 2.45) is 0 Å². The highest BCUT2D eigenvalue weighted by atomic mass is 16.5. The van der Waals surface area contributed by atoms with Crippen LogP contribution in [0.4, 0.5) is 5.69 Å². The van der Waals surface area contributed by atoms with Crippen molar-refractivity contribution >= 4 is 11.7 Å². The summed E-state index contributed by atoms with van der Waals surface area (Å²) in [6.07, 6.45) is 0. The van der Waals surface area contributed by atoms with Crippen LogP contribution in [0.5, 0.6) is 0 Å². The van der Waals surface area contributed by atoms with Crippen LogP contribution >= 0.6 is 0 Å². The van der Waals surface area contributed by atoms with Crippen LogP contribution in [-0.2, 0) is 9.53 Å². The second-order valence-corrected chi connectivity index (χ2v) is 4.68. The molecule has 0 amide bonds. The van der Waals surface area contributed by atoms with Crippen molar-refractivity contribution in [3.8, 4) is 5.69 Å². The molecule has 5 heteroatoms. The normalized spacial score (nSPS) is 12.0. The molecule has 0 aliphatic heterocycles. The van der Waals surface area contributed by atoms with Gasteiger partial charge in [0.2, 0.25) is 0 Å². The zero-order valence-corrected chi connectivity index (χ0v) is 12.2. The Balaban J connectivity index is 2.33. The van der Waals surface area contributed by atoms with E-state index in [1.54, 1.807) is 6.92 Å². The lowest BCUT2D eigenvalue weighted by Crippen LogP contribution is -2.27. The topological polar surface area (TPSA) is 56.1 Å². The van der Waals surface area contributed by atoms with E-state index in [-0.39, 0.29) is 5.97 Å². The average Bonchev–Trinajstić information content (AvgIpc) is 2.75. The van der Waals surface area contributed by atoms with Crippen LogP contribution in [0.1, 0.15) is 18.3 Å². The predicted molar refractivity (Wildman–Crippen MR) is 78.1 cm³/mol. The van der Waals surface area contributed by atoms with Gasteiger partial charge >= 0.3 is 5.97 Å². The standard InChI is InChI=1S/C15H19N3O2/c1-10-14(16-11(2)15(19)20-4)12(3)18(17-10)13-8-6-5-7-9-13/h5-9,11,16H,1-4H3/t11-/m1/s1. The number of aromatic nitrogens is 2. The molecule has 0 spiro atoms. The minimum atomic E-state index is -0.411. The SMILES string of the molecule is COC(=O)[C@@H](C)Nc1c(C)nn(-c2ccccc2)c1C. The minimum absolute atomic E-state index is 0.295. The first-order valence-electron chi connectivity index (χ1n) is 6.50. The van der Waals surface area contributed by atoms with E-state index in [2.05, 4.69) is 10.4 Å². The van der Waals surface area contributed by atoms with Gasteiger partial charge in [-0.3, -0.25) is 0 Å². The fourth-order valence-corrected chi connectivity index (χ4v) is 2.12. The first-order chi connectivity index (χ1) is 9.54. The molecule has 0 aliphatic rings. The van der Waals surface area contributed by atoms with E-state index in [1.165, 1.54) is 7.11 Å². The molecule has 0 fully saturated rings. The second kappa shape index (κ2) is 5.77. The molecule has 1 N–H and O–H groups in total. The highest BCUT2D eigenvalue weighted by Crippen LogP contribution is 2.23. The highest BCUT2D eigenvalue weighted by molar-refractivity contribution is 5.79. The molecule has 2 rings (SSSR count). The quantitative estimate of drug-likeness (QED) is 0.869. The summed E-state index contributed by atoms with van der Waals surface area (Å²) in [7, 11) is 1.38. The number of methoxy groups -OCH3 is 1. The predicted octanol–water partition coefficient (Wildman–Crippen LogP) is 2.46. The Bertz CT molecular complexity index is 605. The molecule has 0 saturated heterocycles. The maximum atomic E-state index is 11.5. The number of nitrogens with one attached hydrogen (secondary N) is 1. The van der Waals surface area contributed by atoms with E-state index in [4.69, 9.17) is 4.74 Å². The Kier molecular flexibility index (Phi) is 4.08. The first kappa shape index (κ1) is 14.1. The summed E-state index contributed by atoms with van der Waals surface area (Å²) < 4.78 is 6.59. The maximum Gasteiger partial charge on any atom is 0.327 e. The Hall–Kier alpha value is -2.30. The van der Waals surface area contributed by atoms with Crippen molar-refractivity contribution in [1.82, 2.24) is 9.78 Å². The van der Waals surface area contributed by atoms with E-state index in [1.807, 2.05) is 48.9 Å². The number of para-hydroxylation sites is 1. The number of carbonyl (C=O) groups excluding carboxylic acids is 1. The Morgan fingerprint density at radius 3 is 2.55 bits per heavy atom. The molecule has 0 radical (unpaired) electrons. The lowest BCUT2D eigenvalue weighted by atomic mass is 10.2. The summed E-state index contributed by atoms with van der Waals surface area (Å²) in [5.74, 6) is -0.295. The number of anilines is 1. The van der Waals surface area contributed by atoms with Gasteiger partial charge in [0.05, 0.1) is 29.9 Å². The zero-order valence-electron chi connectivity index (χ0n) is 12.2. The number of esters is 1. The summed E-state index contributed by atoms with van der Waals surface area (Å²) in [6, 6.07) is 9.48. The van der Waals surface area contributed by atoms with Gasteiger partial charge in [0.25, 0.3) is 0 Å². The van der Waals surface area contributed by atoms with Crippen LogP contribution in [-0.4, -0.2) is 28.9 Å². The number of hydrogen-bond donors (Lipinski definition) is 1. The summed E-state index contributed by atoms with van der Waals surface area (Å²) in [5, 5.41) is 7.68. The van der Waals surface area contributed by atoms with Gasteiger partial charge in [-0.15, -0.1) is 0 Å². The summed E-state index contributed by atoms with van der Waals surface area (Å²) >= 11 is 0. The van der Waals surface area contributed by atoms with Gasteiger partial charge in [-0.2, -0.15) is 5.10 Å². The van der Waals surface area contributed by atoms with Crippen molar-refractivity contribution in [3.63, 3.8) is 0 Å². The van der Waals surface area contributed by atoms with E-state index in [9.17, 15) is 4.79 Å². The Morgan fingerprint density at radius 2 is 1.95 bits per heavy atom. The molecule has 0 bridgehead atoms. The van der Waals surface area contributed by atoms with Crippen LogP contribution in [0.3, 0.4) is 0 Å². The molecule has 2 aromatic rings. The zero-order chi connectivity index (χ0) is 14.7. The molecule has 106 valence electrons. The number of hydrogen-bond acceptors (Lipinski definition) is 4. The van der Waals surface area contributed by atoms with Crippen molar-refractivity contribution in [2.45, 2.75) is 26.8 Å². The van der Waals surface area contributed by atoms with Crippen molar-refractivity contribution < 1.29 is 9.53 Å². The number of aryl methyl sites for hydroxylation is 1. The maximum absolute atomic E-state index is 11.5. The molecule has 1 aromatic carbocycles. The van der Waals surface area contributed by atoms with Gasteiger partial charge in [0.15, 0.2) is 0 Å². The molecule has 20 heavy (non-hydrogen) atoms. The third-order valence-corrected chi connectivity index (χ3v) is 3.21. The molecular formula is C15H19N3O2. The van der Waals surface area contributed by atoms with Crippen LogP contribution in [0.15, 0.2) is 30.3 Å². The van der Waals surface area contributed by atoms with Gasteiger partial charge in [0.1, 0.15) is 6.04 Å².